The van der Waals surface area contributed by atoms with Crippen LogP contribution in [0.4, 0.5) is 10.5 Å². The Balaban J connectivity index is 1.95. The minimum atomic E-state index is -0.343. The minimum Gasteiger partial charge on any atom is -0.497 e. The molecule has 0 radical (unpaired) electrons. The molecule has 20 heavy (non-hydrogen) atoms. The molecule has 106 valence electrons. The van der Waals surface area contributed by atoms with E-state index in [0.717, 1.165) is 0 Å². The largest absolute Gasteiger partial charge is 0.497 e. The first-order chi connectivity index (χ1) is 9.45. The molecule has 0 bridgehead atoms. The molecule has 0 unspecified atom stereocenters. The van der Waals surface area contributed by atoms with Crippen molar-refractivity contribution in [1.29, 1.82) is 0 Å². The summed E-state index contributed by atoms with van der Waals surface area (Å²) in [6.07, 6.45) is 0. The monoisotopic (exact) mass is 292 g/mol. The van der Waals surface area contributed by atoms with Crippen molar-refractivity contribution >= 4 is 29.4 Å². The molecular weight excluding hydrogens is 276 g/mol. The zero-order chi connectivity index (χ0) is 14.5. The number of carbonyl (C=O) groups is 2. The lowest BCUT2D eigenvalue weighted by molar-refractivity contribution is -0.119. The summed E-state index contributed by atoms with van der Waals surface area (Å²) >= 11 is 1.64. The fourth-order valence-corrected chi connectivity index (χ4v) is 3.87. The van der Waals surface area contributed by atoms with Crippen LogP contribution in [0.25, 0.3) is 0 Å². The number of fused-ring (bicyclic) bond motifs is 1. The fraction of sp³-hybridized carbons (Fsp3) is 0.429. The van der Waals surface area contributed by atoms with E-state index >= 15 is 0 Å². The number of urea groups is 1. The Morgan fingerprint density at radius 1 is 1.25 bits per heavy atom. The van der Waals surface area contributed by atoms with Gasteiger partial charge in [0.05, 0.1) is 17.7 Å². The number of benzene rings is 1. The molecule has 2 aliphatic rings. The van der Waals surface area contributed by atoms with E-state index in [1.165, 1.54) is 4.90 Å². The lowest BCUT2D eigenvalue weighted by Crippen LogP contribution is -2.43. The van der Waals surface area contributed by atoms with E-state index < -0.39 is 0 Å². The van der Waals surface area contributed by atoms with E-state index in [-0.39, 0.29) is 22.9 Å². The van der Waals surface area contributed by atoms with Crippen LogP contribution < -0.4 is 9.64 Å². The van der Waals surface area contributed by atoms with Crippen molar-refractivity contribution in [3.8, 4) is 5.75 Å². The number of carbonyl (C=O) groups excluding carboxylic acids is 2. The highest BCUT2D eigenvalue weighted by Gasteiger charge is 2.55. The molecular formula is C14H16N2O3S. The maximum atomic E-state index is 12.6. The molecule has 2 aliphatic heterocycles. The van der Waals surface area contributed by atoms with Crippen LogP contribution in [0.3, 0.4) is 0 Å². The number of nitrogens with zero attached hydrogens (tertiary/aromatic N) is 2. The Labute approximate surface area is 121 Å². The topological polar surface area (TPSA) is 49.9 Å². The summed E-state index contributed by atoms with van der Waals surface area (Å²) in [5.41, 5.74) is 0.594. The summed E-state index contributed by atoms with van der Waals surface area (Å²) in [5, 5.41) is 0. The average Bonchev–Trinajstić information content (AvgIpc) is 2.87. The van der Waals surface area contributed by atoms with Gasteiger partial charge in [0.2, 0.25) is 0 Å². The molecule has 1 atom stereocenters. The normalized spacial score (nSPS) is 24.2. The van der Waals surface area contributed by atoms with Crippen LogP contribution in [0.1, 0.15) is 13.8 Å². The molecule has 1 aromatic rings. The Morgan fingerprint density at radius 2 is 1.90 bits per heavy atom. The highest BCUT2D eigenvalue weighted by atomic mass is 32.2. The summed E-state index contributed by atoms with van der Waals surface area (Å²) < 4.78 is 5.09. The fourth-order valence-electron chi connectivity index (χ4n) is 2.67. The maximum Gasteiger partial charge on any atom is 0.333 e. The number of methoxy groups -OCH3 is 1. The van der Waals surface area contributed by atoms with E-state index in [1.807, 2.05) is 13.8 Å². The van der Waals surface area contributed by atoms with Gasteiger partial charge in [0.15, 0.2) is 0 Å². The first-order valence-electron chi connectivity index (χ1n) is 6.41. The molecule has 2 heterocycles. The van der Waals surface area contributed by atoms with E-state index in [2.05, 4.69) is 0 Å². The standard InChI is InChI=1S/C14H16N2O3S/c1-14(2)16-11(8-20-14)12(17)15(13(16)18)9-4-6-10(19-3)7-5-9/h4-7,11H,8H2,1-3H3/t11-/m0/s1. The number of amides is 3. The van der Waals surface area contributed by atoms with E-state index in [0.29, 0.717) is 17.2 Å². The number of hydrogen-bond acceptors (Lipinski definition) is 4. The second-order valence-corrected chi connectivity index (χ2v) is 6.92. The SMILES string of the molecule is COc1ccc(N2C(=O)[C@@H]3CSC(C)(C)N3C2=O)cc1. The minimum absolute atomic E-state index is 0.141. The number of thioether (sulfide) groups is 1. The van der Waals surface area contributed by atoms with Crippen molar-refractivity contribution in [3.63, 3.8) is 0 Å². The van der Waals surface area contributed by atoms with Gasteiger partial charge in [-0.1, -0.05) is 0 Å². The predicted octanol–water partition coefficient (Wildman–Crippen LogP) is 2.32. The first-order valence-corrected chi connectivity index (χ1v) is 7.39. The Morgan fingerprint density at radius 3 is 2.45 bits per heavy atom. The second kappa shape index (κ2) is 4.41. The lowest BCUT2D eigenvalue weighted by Gasteiger charge is -2.29. The van der Waals surface area contributed by atoms with Gasteiger partial charge in [0.1, 0.15) is 11.8 Å². The van der Waals surface area contributed by atoms with Gasteiger partial charge in [0, 0.05) is 5.75 Å². The quantitative estimate of drug-likeness (QED) is 0.785. The van der Waals surface area contributed by atoms with Gasteiger partial charge in [-0.15, -0.1) is 11.8 Å². The number of imide groups is 1. The molecule has 0 N–H and O–H groups in total. The summed E-state index contributed by atoms with van der Waals surface area (Å²) in [6, 6.07) is 6.39. The highest BCUT2D eigenvalue weighted by molar-refractivity contribution is 8.00. The van der Waals surface area contributed by atoms with Gasteiger partial charge in [-0.05, 0) is 38.1 Å². The Bertz CT molecular complexity index is 570. The third kappa shape index (κ3) is 1.78. The molecule has 2 saturated heterocycles. The highest BCUT2D eigenvalue weighted by Crippen LogP contribution is 2.44. The van der Waals surface area contributed by atoms with Crippen molar-refractivity contribution in [2.24, 2.45) is 0 Å². The molecule has 0 spiro atoms. The molecule has 0 saturated carbocycles. The van der Waals surface area contributed by atoms with Crippen LogP contribution in [-0.4, -0.2) is 40.6 Å². The third-order valence-electron chi connectivity index (χ3n) is 3.72. The number of rotatable bonds is 2. The van der Waals surface area contributed by atoms with Crippen LogP contribution >= 0.6 is 11.8 Å². The first kappa shape index (κ1) is 13.3. The molecule has 6 heteroatoms. The van der Waals surface area contributed by atoms with Gasteiger partial charge in [-0.3, -0.25) is 9.69 Å². The van der Waals surface area contributed by atoms with Gasteiger partial charge >= 0.3 is 6.03 Å². The number of hydrogen-bond donors (Lipinski definition) is 0. The molecule has 0 aromatic heterocycles. The van der Waals surface area contributed by atoms with Crippen LogP contribution in [0, 0.1) is 0 Å². The van der Waals surface area contributed by atoms with Crippen molar-refractivity contribution in [1.82, 2.24) is 4.90 Å². The molecule has 3 amide bonds. The van der Waals surface area contributed by atoms with E-state index in [1.54, 1.807) is 48.0 Å². The van der Waals surface area contributed by atoms with Crippen molar-refractivity contribution < 1.29 is 14.3 Å². The summed E-state index contributed by atoms with van der Waals surface area (Å²) in [5.74, 6) is 1.21. The smallest absolute Gasteiger partial charge is 0.333 e. The molecule has 5 nitrogen and oxygen atoms in total. The van der Waals surface area contributed by atoms with Crippen molar-refractivity contribution in [2.75, 3.05) is 17.8 Å². The zero-order valence-electron chi connectivity index (χ0n) is 11.6. The zero-order valence-corrected chi connectivity index (χ0v) is 12.4. The Hall–Kier alpha value is -1.69. The number of anilines is 1. The van der Waals surface area contributed by atoms with E-state index in [9.17, 15) is 9.59 Å². The van der Waals surface area contributed by atoms with Gasteiger partial charge < -0.3 is 4.74 Å². The lowest BCUT2D eigenvalue weighted by atomic mass is 10.2. The summed E-state index contributed by atoms with van der Waals surface area (Å²) in [7, 11) is 1.58. The molecule has 1 aromatic carbocycles. The van der Waals surface area contributed by atoms with Gasteiger partial charge in [0.25, 0.3) is 5.91 Å². The van der Waals surface area contributed by atoms with Crippen LogP contribution in [0.15, 0.2) is 24.3 Å². The molecule has 2 fully saturated rings. The molecule has 0 aliphatic carbocycles. The third-order valence-corrected chi connectivity index (χ3v) is 5.11. The van der Waals surface area contributed by atoms with Crippen LogP contribution in [0.2, 0.25) is 0 Å². The summed E-state index contributed by atoms with van der Waals surface area (Å²) in [4.78, 5) is 27.6. The molecule has 3 rings (SSSR count). The Kier molecular flexibility index (Phi) is 2.93. The predicted molar refractivity (Wildman–Crippen MR) is 78.0 cm³/mol. The van der Waals surface area contributed by atoms with Gasteiger partial charge in [-0.2, -0.15) is 0 Å². The average molecular weight is 292 g/mol. The van der Waals surface area contributed by atoms with E-state index in [4.69, 9.17) is 4.74 Å². The van der Waals surface area contributed by atoms with Crippen molar-refractivity contribution in [2.45, 2.75) is 24.8 Å². The van der Waals surface area contributed by atoms with Crippen molar-refractivity contribution in [3.05, 3.63) is 24.3 Å². The van der Waals surface area contributed by atoms with Gasteiger partial charge in [-0.25, -0.2) is 9.69 Å². The maximum absolute atomic E-state index is 12.6. The summed E-state index contributed by atoms with van der Waals surface area (Å²) in [6.45, 7) is 3.95. The number of ether oxygens (including phenoxy) is 1. The van der Waals surface area contributed by atoms with Crippen LogP contribution in [0.5, 0.6) is 5.75 Å². The van der Waals surface area contributed by atoms with Crippen LogP contribution in [-0.2, 0) is 4.79 Å². The second-order valence-electron chi connectivity index (χ2n) is 5.30.